The lowest BCUT2D eigenvalue weighted by Crippen LogP contribution is -2.47. The fourth-order valence-electron chi connectivity index (χ4n) is 7.20. The minimum atomic E-state index is -1.70. The topological polar surface area (TPSA) is 242 Å². The van der Waals surface area contributed by atoms with Crippen molar-refractivity contribution in [1.82, 2.24) is 0 Å². The Balaban J connectivity index is 1.82. The van der Waals surface area contributed by atoms with Crippen LogP contribution in [0.3, 0.4) is 0 Å². The number of Topliss-reactive ketones (excluding diaryl/α,β-unsaturated/α-hetero) is 2. The fraction of sp³-hybridized carbons (Fsp3) is 0.524. The molecular weight excluding hydrogens is 776 g/mol. The largest absolute Gasteiger partial charge is 0.481 e. The highest BCUT2D eigenvalue weighted by Crippen LogP contribution is 2.37. The van der Waals surface area contributed by atoms with Crippen LogP contribution in [0.4, 0.5) is 0 Å². The molecule has 2 aromatic carbocycles. The zero-order valence-electron chi connectivity index (χ0n) is 34.1. The van der Waals surface area contributed by atoms with Gasteiger partial charge >= 0.3 is 35.8 Å². The second kappa shape index (κ2) is 22.6. The van der Waals surface area contributed by atoms with Crippen molar-refractivity contribution in [3.05, 3.63) is 65.2 Å². The number of aliphatic carboxylic acids is 2. The van der Waals surface area contributed by atoms with E-state index >= 15 is 0 Å². The van der Waals surface area contributed by atoms with Crippen LogP contribution in [-0.4, -0.2) is 111 Å². The van der Waals surface area contributed by atoms with Crippen LogP contribution >= 0.6 is 0 Å². The molecule has 17 heteroatoms. The van der Waals surface area contributed by atoms with E-state index in [9.17, 15) is 48.6 Å². The highest BCUT2D eigenvalue weighted by Gasteiger charge is 2.51. The van der Waals surface area contributed by atoms with Gasteiger partial charge in [0.2, 0.25) is 6.79 Å². The third kappa shape index (κ3) is 12.5. The second-order valence-corrected chi connectivity index (χ2v) is 14.1. The molecule has 17 nitrogen and oxygen atoms in total. The zero-order chi connectivity index (χ0) is 44.0. The summed E-state index contributed by atoms with van der Waals surface area (Å²) in [4.78, 5) is 103. The number of carboxylic acids is 2. The number of carbonyl (C=O) groups excluding carboxylic acids is 6. The maximum Gasteiger partial charge on any atom is 0.320 e. The number of benzene rings is 2. The quantitative estimate of drug-likeness (QED) is 0.0471. The van der Waals surface area contributed by atoms with Crippen LogP contribution in [0.2, 0.25) is 0 Å². The Labute approximate surface area is 341 Å². The predicted octanol–water partition coefficient (Wildman–Crippen LogP) is 4.10. The Morgan fingerprint density at radius 3 is 1.66 bits per heavy atom. The number of aryl methyl sites for hydroxylation is 1. The number of methoxy groups -OCH3 is 3. The molecule has 322 valence electrons. The lowest BCUT2D eigenvalue weighted by atomic mass is 9.75. The molecule has 1 heterocycles. The van der Waals surface area contributed by atoms with Crippen molar-refractivity contribution >= 4 is 47.4 Å². The molecule has 0 spiro atoms. The molecule has 1 aliphatic rings. The van der Waals surface area contributed by atoms with Crippen molar-refractivity contribution in [2.75, 3.05) is 34.7 Å². The number of esters is 4. The third-order valence-corrected chi connectivity index (χ3v) is 10.5. The molecule has 0 radical (unpaired) electrons. The van der Waals surface area contributed by atoms with E-state index in [4.69, 9.17) is 33.2 Å². The highest BCUT2D eigenvalue weighted by atomic mass is 16.7. The predicted molar refractivity (Wildman–Crippen MR) is 204 cm³/mol. The van der Waals surface area contributed by atoms with Crippen molar-refractivity contribution in [2.24, 2.45) is 35.5 Å². The molecule has 59 heavy (non-hydrogen) atoms. The van der Waals surface area contributed by atoms with Crippen LogP contribution in [0.15, 0.2) is 48.5 Å². The first-order valence-electron chi connectivity index (χ1n) is 19.0. The Bertz CT molecular complexity index is 1800. The normalized spacial score (nSPS) is 18.6. The fourth-order valence-corrected chi connectivity index (χ4v) is 7.20. The van der Waals surface area contributed by atoms with E-state index in [0.717, 1.165) is 12.7 Å². The molecule has 2 aromatic rings. The molecule has 1 saturated heterocycles. The van der Waals surface area contributed by atoms with E-state index in [1.165, 1.54) is 52.3 Å². The van der Waals surface area contributed by atoms with Crippen LogP contribution < -0.4 is 4.74 Å². The van der Waals surface area contributed by atoms with Crippen molar-refractivity contribution in [3.63, 3.8) is 0 Å². The van der Waals surface area contributed by atoms with Gasteiger partial charge in [0.25, 0.3) is 0 Å². The molecule has 9 unspecified atom stereocenters. The summed E-state index contributed by atoms with van der Waals surface area (Å²) in [6.45, 7) is 5.55. The summed E-state index contributed by atoms with van der Waals surface area (Å²) in [6.07, 6.45) is -5.11. The summed E-state index contributed by atoms with van der Waals surface area (Å²) in [5.41, 5.74) is 1.63. The standard InChI is InChI=1S/C42H52O17/c1-8-31(53-5)35(41(51)58-21-57-26-16-14-25(15-17-26)30(44)20-29(43)24-12-10-22(3)11-13-24)27(37(45)46)19-33(55-7)36(40(50)56-9-2)28(38(47)48)18-32(54-6)34-23(4)39(49)59-42(34)52/h10-17,23,27-28,31-36H,8-9,18-21H2,1-7H3,(H,45,46)(H,47,48). The SMILES string of the molecule is CCOC(=O)C(C(CC(C(=O)O)C(C(=O)OCOc1ccc(C(=O)CC(=O)c2ccc(C)cc2)cc1)C(CC)OC)OC)C(CC(OC)C1C(=O)OC(=O)C1C)C(=O)O. The van der Waals surface area contributed by atoms with E-state index in [-0.39, 0.29) is 36.5 Å². The molecule has 3 rings (SSSR count). The van der Waals surface area contributed by atoms with Crippen molar-refractivity contribution < 1.29 is 81.7 Å². The second-order valence-electron chi connectivity index (χ2n) is 14.1. The van der Waals surface area contributed by atoms with Gasteiger partial charge < -0.3 is 43.4 Å². The number of cyclic esters (lactones) is 2. The number of hydrogen-bond acceptors (Lipinski definition) is 15. The minimum Gasteiger partial charge on any atom is -0.481 e. The number of rotatable bonds is 25. The molecule has 1 fully saturated rings. The molecule has 0 aliphatic carbocycles. The molecule has 0 aromatic heterocycles. The summed E-state index contributed by atoms with van der Waals surface area (Å²) in [5.74, 6) is -16.3. The minimum absolute atomic E-state index is 0.128. The van der Waals surface area contributed by atoms with Crippen molar-refractivity contribution in [3.8, 4) is 5.75 Å². The Hall–Kier alpha value is -5.52. The molecule has 0 saturated carbocycles. The monoisotopic (exact) mass is 828 g/mol. The van der Waals surface area contributed by atoms with E-state index in [2.05, 4.69) is 0 Å². The summed E-state index contributed by atoms with van der Waals surface area (Å²) < 4.78 is 37.4. The number of carboxylic acid groups (broad SMARTS) is 2. The smallest absolute Gasteiger partial charge is 0.320 e. The van der Waals surface area contributed by atoms with Gasteiger partial charge in [0, 0.05) is 32.5 Å². The first-order valence-corrected chi connectivity index (χ1v) is 19.0. The van der Waals surface area contributed by atoms with Gasteiger partial charge in [0.05, 0.1) is 66.8 Å². The maximum absolute atomic E-state index is 13.7. The summed E-state index contributed by atoms with van der Waals surface area (Å²) in [7, 11) is 3.60. The van der Waals surface area contributed by atoms with Gasteiger partial charge in [-0.3, -0.25) is 38.4 Å². The van der Waals surface area contributed by atoms with Crippen LogP contribution in [0.1, 0.15) is 72.7 Å². The Morgan fingerprint density at radius 2 is 1.20 bits per heavy atom. The van der Waals surface area contributed by atoms with Crippen LogP contribution in [0.5, 0.6) is 5.75 Å². The van der Waals surface area contributed by atoms with Gasteiger partial charge in [-0.05, 0) is 57.4 Å². The Kier molecular flexibility index (Phi) is 18.3. The summed E-state index contributed by atoms with van der Waals surface area (Å²) >= 11 is 0. The first kappa shape index (κ1) is 47.9. The highest BCUT2D eigenvalue weighted by molar-refractivity contribution is 6.13. The van der Waals surface area contributed by atoms with Gasteiger partial charge in [0.15, 0.2) is 11.6 Å². The first-order chi connectivity index (χ1) is 28.0. The van der Waals surface area contributed by atoms with Gasteiger partial charge in [-0.15, -0.1) is 0 Å². The average Bonchev–Trinajstić information content (AvgIpc) is 3.46. The molecule has 1 aliphatic heterocycles. The van der Waals surface area contributed by atoms with Crippen molar-refractivity contribution in [2.45, 2.75) is 71.7 Å². The maximum atomic E-state index is 13.7. The van der Waals surface area contributed by atoms with E-state index in [1.54, 1.807) is 31.2 Å². The number of ketones is 2. The van der Waals surface area contributed by atoms with E-state index < -0.39 is 115 Å². The lowest BCUT2D eigenvalue weighted by Gasteiger charge is -2.35. The molecule has 0 amide bonds. The number of hydrogen-bond donors (Lipinski definition) is 2. The van der Waals surface area contributed by atoms with E-state index in [1.807, 2.05) is 6.92 Å². The number of carbonyl (C=O) groups is 8. The third-order valence-electron chi connectivity index (χ3n) is 10.5. The van der Waals surface area contributed by atoms with E-state index in [0.29, 0.717) is 5.56 Å². The number of ether oxygens (including phenoxy) is 7. The molecule has 0 bridgehead atoms. The van der Waals surface area contributed by atoms with Gasteiger partial charge in [0.1, 0.15) is 5.75 Å². The lowest BCUT2D eigenvalue weighted by molar-refractivity contribution is -0.174. The Morgan fingerprint density at radius 1 is 0.695 bits per heavy atom. The van der Waals surface area contributed by atoms with Crippen LogP contribution in [-0.2, 0) is 57.2 Å². The summed E-state index contributed by atoms with van der Waals surface area (Å²) in [5, 5.41) is 21.0. The van der Waals surface area contributed by atoms with Gasteiger partial charge in [-0.2, -0.15) is 0 Å². The molecular formula is C42H52O17. The van der Waals surface area contributed by atoms with Gasteiger partial charge in [-0.1, -0.05) is 43.7 Å². The summed E-state index contributed by atoms with van der Waals surface area (Å²) in [6, 6.07) is 12.6. The zero-order valence-corrected chi connectivity index (χ0v) is 34.1. The van der Waals surface area contributed by atoms with Crippen LogP contribution in [0.25, 0.3) is 0 Å². The average molecular weight is 829 g/mol. The van der Waals surface area contributed by atoms with Gasteiger partial charge in [-0.25, -0.2) is 0 Å². The van der Waals surface area contributed by atoms with Crippen LogP contribution in [0, 0.1) is 42.4 Å². The molecule has 2 N–H and O–H groups in total. The van der Waals surface area contributed by atoms with Crippen molar-refractivity contribution in [1.29, 1.82) is 0 Å². The molecule has 9 atom stereocenters.